The summed E-state index contributed by atoms with van der Waals surface area (Å²) in [4.78, 5) is 18.2. The van der Waals surface area contributed by atoms with E-state index in [9.17, 15) is 4.79 Å². The first-order chi connectivity index (χ1) is 16.2. The van der Waals surface area contributed by atoms with Gasteiger partial charge in [0.25, 0.3) is 0 Å². The van der Waals surface area contributed by atoms with Crippen molar-refractivity contribution in [3.63, 3.8) is 0 Å². The van der Waals surface area contributed by atoms with Crippen molar-refractivity contribution in [3.8, 4) is 17.2 Å². The predicted molar refractivity (Wildman–Crippen MR) is 122 cm³/mol. The van der Waals surface area contributed by atoms with Crippen LogP contribution in [0.2, 0.25) is 0 Å². The minimum Gasteiger partial charge on any atom is -0.491 e. The molecular weight excluding hydrogens is 424 g/mol. The first-order valence-corrected chi connectivity index (χ1v) is 11.4. The fourth-order valence-corrected chi connectivity index (χ4v) is 5.02. The average molecular weight is 455 g/mol. The van der Waals surface area contributed by atoms with Crippen LogP contribution in [0, 0.1) is 0 Å². The Balaban J connectivity index is 1.38. The van der Waals surface area contributed by atoms with E-state index in [1.54, 1.807) is 14.2 Å². The van der Waals surface area contributed by atoms with Gasteiger partial charge in [0, 0.05) is 57.7 Å². The summed E-state index contributed by atoms with van der Waals surface area (Å²) in [6.45, 7) is 4.97. The third kappa shape index (κ3) is 3.72. The van der Waals surface area contributed by atoms with Crippen LogP contribution in [-0.2, 0) is 19.7 Å². The Morgan fingerprint density at radius 3 is 2.42 bits per heavy atom. The second-order valence-electron chi connectivity index (χ2n) is 8.55. The summed E-state index contributed by atoms with van der Waals surface area (Å²) >= 11 is 0. The van der Waals surface area contributed by atoms with Gasteiger partial charge in [0.2, 0.25) is 12.7 Å². The lowest BCUT2D eigenvalue weighted by Gasteiger charge is -2.25. The molecule has 3 aliphatic heterocycles. The Morgan fingerprint density at radius 1 is 0.939 bits per heavy atom. The number of amides is 1. The number of ether oxygens (including phenoxy) is 5. The number of carbonyl (C=O) groups excluding carboxylic acids is 1. The van der Waals surface area contributed by atoms with Crippen molar-refractivity contribution >= 4 is 11.6 Å². The molecule has 0 bridgehead atoms. The molecule has 0 saturated carbocycles. The highest BCUT2D eigenvalue weighted by atomic mass is 16.7. The van der Waals surface area contributed by atoms with Crippen LogP contribution < -0.4 is 19.1 Å². The van der Waals surface area contributed by atoms with Crippen LogP contribution in [0.4, 0.5) is 5.69 Å². The molecule has 1 amide bonds. The molecule has 8 heteroatoms. The maximum absolute atomic E-state index is 14.0. The van der Waals surface area contributed by atoms with Gasteiger partial charge in [-0.25, -0.2) is 0 Å². The topological polar surface area (TPSA) is 69.7 Å². The third-order valence-corrected chi connectivity index (χ3v) is 6.72. The molecule has 5 rings (SSSR count). The van der Waals surface area contributed by atoms with Crippen molar-refractivity contribution in [1.82, 2.24) is 4.90 Å². The van der Waals surface area contributed by atoms with Gasteiger partial charge >= 0.3 is 0 Å². The predicted octanol–water partition coefficient (Wildman–Crippen LogP) is 2.43. The molecule has 8 nitrogen and oxygen atoms in total. The lowest BCUT2D eigenvalue weighted by molar-refractivity contribution is -0.122. The van der Waals surface area contributed by atoms with Crippen molar-refractivity contribution in [2.24, 2.45) is 0 Å². The minimum absolute atomic E-state index is 0.0571. The number of benzene rings is 2. The van der Waals surface area contributed by atoms with Gasteiger partial charge in [-0.3, -0.25) is 9.69 Å². The van der Waals surface area contributed by atoms with Gasteiger partial charge in [-0.05, 0) is 24.1 Å². The zero-order chi connectivity index (χ0) is 22.8. The van der Waals surface area contributed by atoms with E-state index >= 15 is 0 Å². The molecule has 0 aliphatic carbocycles. The summed E-state index contributed by atoms with van der Waals surface area (Å²) in [6, 6.07) is 11.8. The van der Waals surface area contributed by atoms with Gasteiger partial charge in [-0.2, -0.15) is 0 Å². The minimum atomic E-state index is -0.849. The van der Waals surface area contributed by atoms with E-state index in [4.69, 9.17) is 23.7 Å². The summed E-state index contributed by atoms with van der Waals surface area (Å²) in [5, 5.41) is 0. The van der Waals surface area contributed by atoms with E-state index < -0.39 is 5.41 Å². The summed E-state index contributed by atoms with van der Waals surface area (Å²) < 4.78 is 27.6. The number of hydrogen-bond acceptors (Lipinski definition) is 7. The Labute approximate surface area is 193 Å². The van der Waals surface area contributed by atoms with Crippen molar-refractivity contribution in [2.75, 3.05) is 71.9 Å². The van der Waals surface area contributed by atoms with Gasteiger partial charge in [0.15, 0.2) is 11.5 Å². The SMILES string of the molecule is COCCN(CCCN1C(=O)C2(COc3cc4c(cc32)OCO4)c2ccccc21)CCOC. The second kappa shape index (κ2) is 9.21. The standard InChI is InChI=1S/C25H30N2O6/c1-29-12-10-26(11-13-30-2)8-5-9-27-20-7-4-3-6-18(20)25(24(27)28)16-31-21-15-23-22(14-19(21)25)32-17-33-23/h3-4,6-7,14-15H,5,8-13,16-17H2,1-2H3. The summed E-state index contributed by atoms with van der Waals surface area (Å²) in [6.07, 6.45) is 0.846. The fraction of sp³-hybridized carbons (Fsp3) is 0.480. The summed E-state index contributed by atoms with van der Waals surface area (Å²) in [5.41, 5.74) is 1.95. The van der Waals surface area contributed by atoms with Crippen LogP contribution >= 0.6 is 0 Å². The monoisotopic (exact) mass is 454 g/mol. The smallest absolute Gasteiger partial charge is 0.245 e. The molecule has 33 heavy (non-hydrogen) atoms. The molecule has 1 unspecified atom stereocenters. The molecule has 3 heterocycles. The molecular formula is C25H30N2O6. The van der Waals surface area contributed by atoms with Gasteiger partial charge in [-0.15, -0.1) is 0 Å². The zero-order valence-electron chi connectivity index (χ0n) is 19.2. The van der Waals surface area contributed by atoms with E-state index in [0.29, 0.717) is 37.0 Å². The normalized spacial score (nSPS) is 20.0. The number of anilines is 1. The molecule has 1 atom stereocenters. The highest BCUT2D eigenvalue weighted by Crippen LogP contribution is 2.54. The zero-order valence-corrected chi connectivity index (χ0v) is 19.2. The largest absolute Gasteiger partial charge is 0.491 e. The molecule has 0 N–H and O–H groups in total. The van der Waals surface area contributed by atoms with Crippen LogP contribution in [0.15, 0.2) is 36.4 Å². The number of methoxy groups -OCH3 is 2. The van der Waals surface area contributed by atoms with Gasteiger partial charge in [0.1, 0.15) is 17.8 Å². The Kier molecular flexibility index (Phi) is 6.14. The summed E-state index contributed by atoms with van der Waals surface area (Å²) in [5.74, 6) is 2.07. The van der Waals surface area contributed by atoms with Crippen LogP contribution in [0.1, 0.15) is 17.5 Å². The lowest BCUT2D eigenvalue weighted by Crippen LogP contribution is -2.43. The number of rotatable bonds is 10. The van der Waals surface area contributed by atoms with Crippen LogP contribution in [0.3, 0.4) is 0 Å². The fourth-order valence-electron chi connectivity index (χ4n) is 5.02. The molecule has 0 saturated heterocycles. The van der Waals surface area contributed by atoms with Crippen LogP contribution in [0.5, 0.6) is 17.2 Å². The molecule has 0 radical (unpaired) electrons. The quantitative estimate of drug-likeness (QED) is 0.546. The van der Waals surface area contributed by atoms with E-state index in [1.165, 1.54) is 0 Å². The van der Waals surface area contributed by atoms with Gasteiger partial charge < -0.3 is 28.6 Å². The molecule has 1 spiro atoms. The Morgan fingerprint density at radius 2 is 1.67 bits per heavy atom. The van der Waals surface area contributed by atoms with E-state index in [1.807, 2.05) is 41.3 Å². The number of hydrogen-bond donors (Lipinski definition) is 0. The molecule has 2 aromatic rings. The summed E-state index contributed by atoms with van der Waals surface area (Å²) in [7, 11) is 3.42. The van der Waals surface area contributed by atoms with Crippen molar-refractivity contribution < 1.29 is 28.5 Å². The maximum atomic E-state index is 14.0. The Bertz CT molecular complexity index is 1020. The van der Waals surface area contributed by atoms with Crippen molar-refractivity contribution in [1.29, 1.82) is 0 Å². The molecule has 0 aromatic heterocycles. The maximum Gasteiger partial charge on any atom is 0.245 e. The first-order valence-electron chi connectivity index (χ1n) is 11.4. The number of nitrogens with zero attached hydrogens (tertiary/aromatic N) is 2. The molecule has 2 aromatic carbocycles. The highest BCUT2D eigenvalue weighted by molar-refractivity contribution is 6.11. The van der Waals surface area contributed by atoms with Crippen LogP contribution in [-0.4, -0.2) is 77.8 Å². The van der Waals surface area contributed by atoms with E-state index in [0.717, 1.165) is 42.9 Å². The second-order valence-corrected chi connectivity index (χ2v) is 8.55. The first kappa shape index (κ1) is 22.0. The number of para-hydroxylation sites is 1. The average Bonchev–Trinajstić information content (AvgIpc) is 3.51. The molecule has 0 fully saturated rings. The Hall–Kier alpha value is -2.81. The van der Waals surface area contributed by atoms with Crippen LogP contribution in [0.25, 0.3) is 0 Å². The third-order valence-electron chi connectivity index (χ3n) is 6.72. The van der Waals surface area contributed by atoms with Gasteiger partial charge in [-0.1, -0.05) is 18.2 Å². The van der Waals surface area contributed by atoms with Crippen molar-refractivity contribution in [2.45, 2.75) is 11.8 Å². The van der Waals surface area contributed by atoms with Gasteiger partial charge in [0.05, 0.1) is 13.2 Å². The van der Waals surface area contributed by atoms with E-state index in [2.05, 4.69) is 4.90 Å². The number of carbonyl (C=O) groups is 1. The highest BCUT2D eigenvalue weighted by Gasteiger charge is 2.57. The lowest BCUT2D eigenvalue weighted by atomic mass is 9.77. The van der Waals surface area contributed by atoms with Crippen molar-refractivity contribution in [3.05, 3.63) is 47.5 Å². The van der Waals surface area contributed by atoms with E-state index in [-0.39, 0.29) is 19.3 Å². The molecule has 176 valence electrons. The number of fused-ring (bicyclic) bond motifs is 5. The molecule has 3 aliphatic rings.